The number of nitriles is 1. The Bertz CT molecular complexity index is 1740. The average molecular weight is 760 g/mol. The second-order valence-corrected chi connectivity index (χ2v) is 16.0. The zero-order chi connectivity index (χ0) is 38.1. The van der Waals surface area contributed by atoms with Gasteiger partial charge in [0.05, 0.1) is 36.6 Å². The molecule has 1 saturated carbocycles. The first-order chi connectivity index (χ1) is 25.4. The molecule has 0 spiro atoms. The van der Waals surface area contributed by atoms with Crippen molar-refractivity contribution in [3.63, 3.8) is 0 Å². The summed E-state index contributed by atoms with van der Waals surface area (Å²) in [6.45, 7) is 3.36. The fourth-order valence-electron chi connectivity index (χ4n) is 7.45. The van der Waals surface area contributed by atoms with E-state index >= 15 is 0 Å². The lowest BCUT2D eigenvalue weighted by molar-refractivity contribution is -0.0816. The maximum absolute atomic E-state index is 14.1. The van der Waals surface area contributed by atoms with E-state index < -0.39 is 49.3 Å². The first-order valence-corrected chi connectivity index (χ1v) is 20.6. The summed E-state index contributed by atoms with van der Waals surface area (Å²) < 4.78 is 51.6. The number of halogens is 1. The SMILES string of the molecule is CCCCCCCCCCCCCCCC[C@H](COP(=O)(O)OC1[C@@]2(C)O[C@@H](c3ccc4c(N)ncnn34)[C@H](O)[C@@]12O)OCc1cc(F)cc(C#N)c1. The summed E-state index contributed by atoms with van der Waals surface area (Å²) in [5.41, 5.74) is 3.90. The molecule has 15 heteroatoms. The van der Waals surface area contributed by atoms with E-state index in [1.807, 2.05) is 6.07 Å². The molecule has 1 saturated heterocycles. The minimum Gasteiger partial charge on any atom is -0.387 e. The van der Waals surface area contributed by atoms with Crippen molar-refractivity contribution in [1.82, 2.24) is 14.6 Å². The lowest BCUT2D eigenvalue weighted by Crippen LogP contribution is -2.35. The smallest absolute Gasteiger partial charge is 0.387 e. The van der Waals surface area contributed by atoms with Gasteiger partial charge < -0.3 is 30.3 Å². The van der Waals surface area contributed by atoms with E-state index in [2.05, 4.69) is 17.0 Å². The van der Waals surface area contributed by atoms with Crippen LogP contribution in [0.2, 0.25) is 0 Å². The summed E-state index contributed by atoms with van der Waals surface area (Å²) in [6.07, 6.45) is 14.1. The second kappa shape index (κ2) is 18.6. The Morgan fingerprint density at radius 1 is 1.06 bits per heavy atom. The number of nitrogen functional groups attached to an aromatic ring is 1. The number of phosphoric acid groups is 1. The van der Waals surface area contributed by atoms with Gasteiger partial charge in [0.25, 0.3) is 0 Å². The van der Waals surface area contributed by atoms with Crippen molar-refractivity contribution in [2.45, 2.75) is 152 Å². The highest BCUT2D eigenvalue weighted by Crippen LogP contribution is 2.68. The van der Waals surface area contributed by atoms with Gasteiger partial charge in [-0.1, -0.05) is 96.8 Å². The number of nitrogens with two attached hydrogens (primary N) is 1. The molecule has 53 heavy (non-hydrogen) atoms. The number of aliphatic hydroxyl groups is 2. The van der Waals surface area contributed by atoms with Crippen LogP contribution >= 0.6 is 7.82 Å². The molecular weight excluding hydrogens is 704 g/mol. The van der Waals surface area contributed by atoms with Gasteiger partial charge in [-0.25, -0.2) is 18.5 Å². The quantitative estimate of drug-likeness (QED) is 0.0530. The molecule has 2 fully saturated rings. The van der Waals surface area contributed by atoms with Crippen molar-refractivity contribution in [2.75, 3.05) is 12.3 Å². The van der Waals surface area contributed by atoms with Crippen LogP contribution in [0, 0.1) is 17.1 Å². The Balaban J connectivity index is 1.09. The van der Waals surface area contributed by atoms with E-state index in [1.165, 1.54) is 94.1 Å². The lowest BCUT2D eigenvalue weighted by Gasteiger charge is -2.24. The molecule has 2 aliphatic rings. The van der Waals surface area contributed by atoms with Gasteiger partial charge in [-0.05, 0) is 49.2 Å². The average Bonchev–Trinajstić information content (AvgIpc) is 3.38. The zero-order valence-corrected chi connectivity index (χ0v) is 31.8. The maximum Gasteiger partial charge on any atom is 0.472 e. The number of benzene rings is 1. The summed E-state index contributed by atoms with van der Waals surface area (Å²) >= 11 is 0. The molecule has 3 aromatic rings. The van der Waals surface area contributed by atoms with Gasteiger partial charge in [0.1, 0.15) is 41.6 Å². The van der Waals surface area contributed by atoms with Crippen LogP contribution in [0.3, 0.4) is 0 Å². The molecule has 13 nitrogen and oxygen atoms in total. The van der Waals surface area contributed by atoms with Crippen LogP contribution in [0.4, 0.5) is 10.2 Å². The number of aliphatic hydroxyl groups excluding tert-OH is 1. The number of hydrogen-bond donors (Lipinski definition) is 4. The van der Waals surface area contributed by atoms with Crippen molar-refractivity contribution in [2.24, 2.45) is 0 Å². The first kappa shape index (κ1) is 41.2. The van der Waals surface area contributed by atoms with E-state index in [1.54, 1.807) is 12.1 Å². The standard InChI is InChI=1S/C38H55FN5O8P/c1-3-4-5-6-7-8-9-10-11-12-13-14-15-16-17-30(49-24-28-20-27(23-40)21-29(39)22-28)25-50-53(47,48)52-36-37(2)38(36,46)34(45)33(51-37)31-18-19-32-35(41)42-26-43-44(31)32/h18-22,26,30,33-34,36,45-46H,3-17,24-25H2,1-2H3,(H,47,48)(H2,41,42,43)/t30-,33+,34+,36?,37-,38-/m1/s1. The van der Waals surface area contributed by atoms with Gasteiger partial charge in [0.2, 0.25) is 0 Å². The highest BCUT2D eigenvalue weighted by atomic mass is 31.2. The highest BCUT2D eigenvalue weighted by Gasteiger charge is 2.87. The van der Waals surface area contributed by atoms with Crippen LogP contribution in [-0.4, -0.2) is 65.8 Å². The molecule has 3 heterocycles. The van der Waals surface area contributed by atoms with Gasteiger partial charge in [0, 0.05) is 0 Å². The molecule has 0 amide bonds. The molecule has 1 aliphatic carbocycles. The third-order valence-electron chi connectivity index (χ3n) is 10.6. The summed E-state index contributed by atoms with van der Waals surface area (Å²) in [6, 6.07) is 9.16. The number of fused-ring (bicyclic) bond motifs is 2. The Morgan fingerprint density at radius 3 is 2.30 bits per heavy atom. The van der Waals surface area contributed by atoms with E-state index in [0.717, 1.165) is 31.7 Å². The molecule has 1 aromatic carbocycles. The first-order valence-electron chi connectivity index (χ1n) is 19.1. The third-order valence-corrected chi connectivity index (χ3v) is 11.6. The van der Waals surface area contributed by atoms with Gasteiger partial charge in [0.15, 0.2) is 11.4 Å². The molecule has 1 aliphatic heterocycles. The summed E-state index contributed by atoms with van der Waals surface area (Å²) in [5.74, 6) is -0.339. The highest BCUT2D eigenvalue weighted by molar-refractivity contribution is 7.47. The van der Waals surface area contributed by atoms with Gasteiger partial charge in [-0.3, -0.25) is 9.05 Å². The summed E-state index contributed by atoms with van der Waals surface area (Å²) in [4.78, 5) is 14.7. The molecule has 0 radical (unpaired) electrons. The van der Waals surface area contributed by atoms with Crippen LogP contribution in [-0.2, 0) is 29.7 Å². The summed E-state index contributed by atoms with van der Waals surface area (Å²) in [5, 5.41) is 36.0. The molecule has 2 aromatic heterocycles. The minimum absolute atomic E-state index is 0.0392. The van der Waals surface area contributed by atoms with Crippen molar-refractivity contribution in [3.8, 4) is 6.07 Å². The topological polar surface area (TPSA) is 195 Å². The van der Waals surface area contributed by atoms with Crippen LogP contribution in [0.15, 0.2) is 36.7 Å². The number of rotatable bonds is 24. The predicted octanol–water partition coefficient (Wildman–Crippen LogP) is 7.22. The second-order valence-electron chi connectivity index (χ2n) is 14.6. The van der Waals surface area contributed by atoms with Crippen molar-refractivity contribution in [3.05, 3.63) is 59.3 Å². The minimum atomic E-state index is -4.80. The Labute approximate surface area is 311 Å². The number of aromatic nitrogens is 3. The van der Waals surface area contributed by atoms with Crippen molar-refractivity contribution >= 4 is 19.2 Å². The number of unbranched alkanes of at least 4 members (excludes halogenated alkanes) is 13. The number of ether oxygens (including phenoxy) is 2. The maximum atomic E-state index is 14.1. The van der Waals surface area contributed by atoms with Crippen molar-refractivity contribution < 1.29 is 42.6 Å². The zero-order valence-electron chi connectivity index (χ0n) is 30.9. The van der Waals surface area contributed by atoms with E-state index in [9.17, 15) is 29.3 Å². The van der Waals surface area contributed by atoms with Crippen LogP contribution in [0.1, 0.15) is 133 Å². The predicted molar refractivity (Wildman–Crippen MR) is 196 cm³/mol. The normalized spacial score (nSPS) is 25.3. The number of hydrogen-bond acceptors (Lipinski definition) is 11. The molecule has 292 valence electrons. The van der Waals surface area contributed by atoms with E-state index in [-0.39, 0.29) is 24.6 Å². The Morgan fingerprint density at radius 2 is 1.70 bits per heavy atom. The molecule has 0 bridgehead atoms. The van der Waals surface area contributed by atoms with Crippen LogP contribution in [0.25, 0.3) is 5.52 Å². The third kappa shape index (κ3) is 10.0. The van der Waals surface area contributed by atoms with Gasteiger partial charge in [-0.2, -0.15) is 10.4 Å². The monoisotopic (exact) mass is 759 g/mol. The van der Waals surface area contributed by atoms with Crippen LogP contribution < -0.4 is 5.73 Å². The van der Waals surface area contributed by atoms with E-state index in [4.69, 9.17) is 24.3 Å². The number of nitrogens with zero attached hydrogens (tertiary/aromatic N) is 4. The van der Waals surface area contributed by atoms with Crippen LogP contribution in [0.5, 0.6) is 0 Å². The molecule has 7 atom stereocenters. The fourth-order valence-corrected chi connectivity index (χ4v) is 8.50. The van der Waals surface area contributed by atoms with Crippen molar-refractivity contribution in [1.29, 1.82) is 5.26 Å². The molecule has 2 unspecified atom stereocenters. The largest absolute Gasteiger partial charge is 0.472 e. The lowest BCUT2D eigenvalue weighted by atomic mass is 10.0. The van der Waals surface area contributed by atoms with Gasteiger partial charge >= 0.3 is 7.82 Å². The molecular formula is C38H55FN5O8P. The fraction of sp³-hybridized carbons (Fsp3) is 0.658. The summed E-state index contributed by atoms with van der Waals surface area (Å²) in [7, 11) is -4.80. The Kier molecular flexibility index (Phi) is 14.4. The number of anilines is 1. The Hall–Kier alpha value is -2.99. The number of phosphoric ester groups is 1. The van der Waals surface area contributed by atoms with E-state index in [0.29, 0.717) is 23.2 Å². The van der Waals surface area contributed by atoms with Gasteiger partial charge in [-0.15, -0.1) is 0 Å². The molecule has 5 rings (SSSR count). The molecule has 5 N–H and O–H groups in total.